The van der Waals surface area contributed by atoms with Crippen molar-refractivity contribution in [3.8, 4) is 28.6 Å². The summed E-state index contributed by atoms with van der Waals surface area (Å²) in [7, 11) is 0. The van der Waals surface area contributed by atoms with Crippen molar-refractivity contribution in [3.63, 3.8) is 0 Å². The van der Waals surface area contributed by atoms with Crippen molar-refractivity contribution in [2.45, 2.75) is 6.42 Å². The summed E-state index contributed by atoms with van der Waals surface area (Å²) in [6.07, 6.45) is 0.846. The highest BCUT2D eigenvalue weighted by molar-refractivity contribution is 5.61. The number of rotatable bonds is 4. The molecule has 3 N–H and O–H groups in total. The lowest BCUT2D eigenvalue weighted by Crippen LogP contribution is -2.02. The number of nitrogens with zero attached hydrogens (tertiary/aromatic N) is 2. The summed E-state index contributed by atoms with van der Waals surface area (Å²) < 4.78 is 5.28. The van der Waals surface area contributed by atoms with Crippen LogP contribution in [0.1, 0.15) is 5.56 Å². The molecule has 1 aromatic heterocycles. The van der Waals surface area contributed by atoms with E-state index in [0.29, 0.717) is 23.8 Å². The fraction of sp³-hybridized carbons (Fsp3) is 0.125. The van der Waals surface area contributed by atoms with E-state index in [4.69, 9.17) is 10.3 Å². The summed E-state index contributed by atoms with van der Waals surface area (Å²) in [5.41, 5.74) is 8.27. The number of nitrogens with two attached hydrogens (primary N) is 1. The van der Waals surface area contributed by atoms with Gasteiger partial charge in [0.2, 0.25) is 5.82 Å². The van der Waals surface area contributed by atoms with Gasteiger partial charge in [-0.05, 0) is 42.8 Å². The lowest BCUT2D eigenvalue weighted by molar-refractivity contribution is 0.432. The van der Waals surface area contributed by atoms with Crippen LogP contribution >= 0.6 is 0 Å². The van der Waals surface area contributed by atoms with Crippen molar-refractivity contribution in [2.24, 2.45) is 5.73 Å². The molecule has 0 atom stereocenters. The molecule has 106 valence electrons. The fourth-order valence-electron chi connectivity index (χ4n) is 2.08. The molecule has 0 radical (unpaired) electrons. The van der Waals surface area contributed by atoms with Crippen molar-refractivity contribution in [3.05, 3.63) is 54.1 Å². The van der Waals surface area contributed by atoms with E-state index in [1.54, 1.807) is 18.2 Å². The molecule has 2 aromatic carbocycles. The lowest BCUT2D eigenvalue weighted by atomic mass is 10.1. The van der Waals surface area contributed by atoms with Crippen LogP contribution in [0.15, 0.2) is 53.1 Å². The molecule has 0 saturated heterocycles. The predicted molar refractivity (Wildman–Crippen MR) is 79.6 cm³/mol. The average molecular weight is 281 g/mol. The number of hydrogen-bond acceptors (Lipinski definition) is 5. The molecular formula is C16H15N3O2. The molecule has 5 heteroatoms. The zero-order valence-electron chi connectivity index (χ0n) is 11.4. The summed E-state index contributed by atoms with van der Waals surface area (Å²) in [5.74, 6) is 1.07. The van der Waals surface area contributed by atoms with Crippen molar-refractivity contribution >= 4 is 0 Å². The van der Waals surface area contributed by atoms with Crippen molar-refractivity contribution < 1.29 is 9.63 Å². The molecule has 3 rings (SSSR count). The van der Waals surface area contributed by atoms with Gasteiger partial charge in [0, 0.05) is 11.1 Å². The Morgan fingerprint density at radius 3 is 2.57 bits per heavy atom. The molecule has 0 aliphatic rings. The Bertz CT molecular complexity index is 735. The first-order valence-corrected chi connectivity index (χ1v) is 6.69. The summed E-state index contributed by atoms with van der Waals surface area (Å²) in [6, 6.07) is 14.6. The minimum absolute atomic E-state index is 0.171. The van der Waals surface area contributed by atoms with Crippen LogP contribution in [0, 0.1) is 0 Å². The average Bonchev–Trinajstić information content (AvgIpc) is 2.98. The Labute approximate surface area is 122 Å². The minimum atomic E-state index is 0.171. The highest BCUT2D eigenvalue weighted by Crippen LogP contribution is 2.24. The normalized spacial score (nSPS) is 10.7. The Hall–Kier alpha value is -2.66. The van der Waals surface area contributed by atoms with Gasteiger partial charge in [0.25, 0.3) is 5.89 Å². The highest BCUT2D eigenvalue weighted by Gasteiger charge is 2.10. The second-order valence-electron chi connectivity index (χ2n) is 4.71. The van der Waals surface area contributed by atoms with E-state index >= 15 is 0 Å². The van der Waals surface area contributed by atoms with Crippen molar-refractivity contribution in [2.75, 3.05) is 6.54 Å². The number of phenols is 1. The van der Waals surface area contributed by atoms with Crippen LogP contribution in [-0.2, 0) is 6.42 Å². The van der Waals surface area contributed by atoms with E-state index in [0.717, 1.165) is 12.0 Å². The Balaban J connectivity index is 1.87. The Morgan fingerprint density at radius 2 is 1.86 bits per heavy atom. The first-order valence-electron chi connectivity index (χ1n) is 6.69. The van der Waals surface area contributed by atoms with Crippen LogP contribution in [0.5, 0.6) is 5.75 Å². The third kappa shape index (κ3) is 2.93. The molecule has 5 nitrogen and oxygen atoms in total. The van der Waals surface area contributed by atoms with Gasteiger partial charge in [-0.2, -0.15) is 4.98 Å². The second kappa shape index (κ2) is 5.76. The molecule has 1 heterocycles. The predicted octanol–water partition coefficient (Wildman–Crippen LogP) is 2.61. The SMILES string of the molecule is NCCc1ccc(-c2nc(-c3cccc(O)c3)no2)cc1. The quantitative estimate of drug-likeness (QED) is 0.767. The van der Waals surface area contributed by atoms with Gasteiger partial charge in [-0.3, -0.25) is 0 Å². The molecule has 0 unspecified atom stereocenters. The van der Waals surface area contributed by atoms with E-state index in [1.807, 2.05) is 30.3 Å². The van der Waals surface area contributed by atoms with E-state index in [1.165, 1.54) is 5.56 Å². The van der Waals surface area contributed by atoms with Crippen LogP contribution in [-0.4, -0.2) is 21.8 Å². The van der Waals surface area contributed by atoms with Gasteiger partial charge in [-0.25, -0.2) is 0 Å². The van der Waals surface area contributed by atoms with Crippen LogP contribution in [0.4, 0.5) is 0 Å². The molecular weight excluding hydrogens is 266 g/mol. The Morgan fingerprint density at radius 1 is 1.05 bits per heavy atom. The van der Waals surface area contributed by atoms with Gasteiger partial charge < -0.3 is 15.4 Å². The molecule has 0 spiro atoms. The van der Waals surface area contributed by atoms with Gasteiger partial charge in [-0.15, -0.1) is 0 Å². The monoisotopic (exact) mass is 281 g/mol. The molecule has 0 aliphatic carbocycles. The summed E-state index contributed by atoms with van der Waals surface area (Å²) in [5, 5.41) is 13.4. The van der Waals surface area contributed by atoms with Gasteiger partial charge in [0.1, 0.15) is 5.75 Å². The van der Waals surface area contributed by atoms with Crippen LogP contribution < -0.4 is 5.73 Å². The van der Waals surface area contributed by atoms with Gasteiger partial charge in [-0.1, -0.05) is 29.4 Å². The first kappa shape index (κ1) is 13.3. The summed E-state index contributed by atoms with van der Waals surface area (Å²) in [6.45, 7) is 0.627. The van der Waals surface area contributed by atoms with Crippen LogP contribution in [0.2, 0.25) is 0 Å². The van der Waals surface area contributed by atoms with Crippen LogP contribution in [0.3, 0.4) is 0 Å². The number of benzene rings is 2. The lowest BCUT2D eigenvalue weighted by Gasteiger charge is -1.99. The first-order chi connectivity index (χ1) is 10.3. The zero-order valence-corrected chi connectivity index (χ0v) is 11.4. The number of aromatic hydroxyl groups is 1. The highest BCUT2D eigenvalue weighted by atomic mass is 16.5. The van der Waals surface area contributed by atoms with Gasteiger partial charge in [0.05, 0.1) is 0 Å². The fourth-order valence-corrected chi connectivity index (χ4v) is 2.08. The minimum Gasteiger partial charge on any atom is -0.508 e. The molecule has 0 saturated carbocycles. The second-order valence-corrected chi connectivity index (χ2v) is 4.71. The van der Waals surface area contributed by atoms with Gasteiger partial charge in [0.15, 0.2) is 0 Å². The largest absolute Gasteiger partial charge is 0.508 e. The van der Waals surface area contributed by atoms with E-state index in [-0.39, 0.29) is 5.75 Å². The number of aromatic nitrogens is 2. The summed E-state index contributed by atoms with van der Waals surface area (Å²) in [4.78, 5) is 4.35. The molecule has 3 aromatic rings. The smallest absolute Gasteiger partial charge is 0.258 e. The standard InChI is InChI=1S/C16H15N3O2/c17-9-8-11-4-6-12(7-5-11)16-18-15(19-21-16)13-2-1-3-14(20)10-13/h1-7,10,20H,8-9,17H2. The molecule has 0 fully saturated rings. The van der Waals surface area contributed by atoms with E-state index in [2.05, 4.69) is 10.1 Å². The zero-order chi connectivity index (χ0) is 14.7. The third-order valence-electron chi connectivity index (χ3n) is 3.16. The third-order valence-corrected chi connectivity index (χ3v) is 3.16. The number of hydrogen-bond donors (Lipinski definition) is 2. The van der Waals surface area contributed by atoms with Gasteiger partial charge >= 0.3 is 0 Å². The van der Waals surface area contributed by atoms with Crippen LogP contribution in [0.25, 0.3) is 22.8 Å². The van der Waals surface area contributed by atoms with E-state index in [9.17, 15) is 5.11 Å². The topological polar surface area (TPSA) is 85.2 Å². The maximum atomic E-state index is 9.48. The summed E-state index contributed by atoms with van der Waals surface area (Å²) >= 11 is 0. The maximum Gasteiger partial charge on any atom is 0.258 e. The van der Waals surface area contributed by atoms with E-state index < -0.39 is 0 Å². The number of phenolic OH excluding ortho intramolecular Hbond substituents is 1. The van der Waals surface area contributed by atoms with Crippen molar-refractivity contribution in [1.82, 2.24) is 10.1 Å². The molecule has 0 aliphatic heterocycles. The molecule has 21 heavy (non-hydrogen) atoms. The van der Waals surface area contributed by atoms with Crippen molar-refractivity contribution in [1.29, 1.82) is 0 Å². The molecule has 0 amide bonds. The maximum absolute atomic E-state index is 9.48. The Kier molecular flexibility index (Phi) is 3.66. The molecule has 0 bridgehead atoms.